The van der Waals surface area contributed by atoms with Gasteiger partial charge in [-0.2, -0.15) is 0 Å². The van der Waals surface area contributed by atoms with Gasteiger partial charge in [0.2, 0.25) is 0 Å². The minimum absolute atomic E-state index is 0.704. The van der Waals surface area contributed by atoms with E-state index in [1.54, 1.807) is 7.11 Å². The summed E-state index contributed by atoms with van der Waals surface area (Å²) < 4.78 is 5.17. The van der Waals surface area contributed by atoms with Crippen LogP contribution < -0.4 is 0 Å². The molecule has 13 heavy (non-hydrogen) atoms. The SMILES string of the molecule is CC[C@](C)(O)C1=CCCC(OC)=C1. The molecule has 1 aliphatic rings. The van der Waals surface area contributed by atoms with Gasteiger partial charge in [0.1, 0.15) is 0 Å². The summed E-state index contributed by atoms with van der Waals surface area (Å²) in [6, 6.07) is 0. The summed E-state index contributed by atoms with van der Waals surface area (Å²) in [6.07, 6.45) is 6.68. The van der Waals surface area contributed by atoms with Crippen LogP contribution in [0.25, 0.3) is 0 Å². The minimum Gasteiger partial charge on any atom is -0.501 e. The van der Waals surface area contributed by atoms with Crippen LogP contribution in [-0.4, -0.2) is 17.8 Å². The van der Waals surface area contributed by atoms with E-state index in [9.17, 15) is 5.11 Å². The van der Waals surface area contributed by atoms with Crippen molar-refractivity contribution < 1.29 is 9.84 Å². The second-order valence-electron chi connectivity index (χ2n) is 3.64. The minimum atomic E-state index is -0.704. The van der Waals surface area contributed by atoms with E-state index < -0.39 is 5.60 Å². The molecule has 1 N–H and O–H groups in total. The van der Waals surface area contributed by atoms with E-state index in [4.69, 9.17) is 4.74 Å². The highest BCUT2D eigenvalue weighted by molar-refractivity contribution is 5.32. The highest BCUT2D eigenvalue weighted by Gasteiger charge is 2.23. The third kappa shape index (κ3) is 2.34. The van der Waals surface area contributed by atoms with E-state index in [2.05, 4.69) is 6.08 Å². The molecule has 2 nitrogen and oxygen atoms in total. The van der Waals surface area contributed by atoms with Gasteiger partial charge in [0.05, 0.1) is 18.5 Å². The number of ether oxygens (including phenoxy) is 1. The number of aliphatic hydroxyl groups is 1. The van der Waals surface area contributed by atoms with Crippen LogP contribution >= 0.6 is 0 Å². The first-order valence-electron chi connectivity index (χ1n) is 4.77. The Morgan fingerprint density at radius 1 is 1.62 bits per heavy atom. The number of allylic oxidation sites excluding steroid dienone is 2. The molecule has 0 spiro atoms. The van der Waals surface area contributed by atoms with Gasteiger partial charge in [0.25, 0.3) is 0 Å². The first-order valence-corrected chi connectivity index (χ1v) is 4.77. The lowest BCUT2D eigenvalue weighted by atomic mass is 9.89. The summed E-state index contributed by atoms with van der Waals surface area (Å²) >= 11 is 0. The Labute approximate surface area is 79.9 Å². The predicted molar refractivity (Wildman–Crippen MR) is 53.3 cm³/mol. The first kappa shape index (κ1) is 10.3. The summed E-state index contributed by atoms with van der Waals surface area (Å²) in [5, 5.41) is 9.99. The standard InChI is InChI=1S/C11H18O2/c1-4-11(2,12)9-6-5-7-10(8-9)13-3/h6,8,12H,4-5,7H2,1-3H3/t11-/m0/s1. The van der Waals surface area contributed by atoms with Crippen molar-refractivity contribution in [3.05, 3.63) is 23.5 Å². The number of rotatable bonds is 3. The second kappa shape index (κ2) is 3.97. The molecule has 0 fully saturated rings. The van der Waals surface area contributed by atoms with Crippen molar-refractivity contribution >= 4 is 0 Å². The quantitative estimate of drug-likeness (QED) is 0.726. The van der Waals surface area contributed by atoms with Gasteiger partial charge >= 0.3 is 0 Å². The lowest BCUT2D eigenvalue weighted by Gasteiger charge is -2.26. The highest BCUT2D eigenvalue weighted by Crippen LogP contribution is 2.28. The van der Waals surface area contributed by atoms with Crippen LogP contribution in [0.2, 0.25) is 0 Å². The normalized spacial score (nSPS) is 21.5. The molecule has 0 amide bonds. The Morgan fingerprint density at radius 3 is 2.85 bits per heavy atom. The summed E-state index contributed by atoms with van der Waals surface area (Å²) in [7, 11) is 1.68. The molecule has 0 radical (unpaired) electrons. The third-order valence-electron chi connectivity index (χ3n) is 2.64. The molecular formula is C11H18O2. The molecular weight excluding hydrogens is 164 g/mol. The van der Waals surface area contributed by atoms with Crippen molar-refractivity contribution in [3.8, 4) is 0 Å². The van der Waals surface area contributed by atoms with E-state index >= 15 is 0 Å². The molecule has 0 saturated heterocycles. The van der Waals surface area contributed by atoms with Crippen molar-refractivity contribution in [2.45, 2.75) is 38.7 Å². The monoisotopic (exact) mass is 182 g/mol. The summed E-state index contributed by atoms with van der Waals surface area (Å²) in [5.74, 6) is 0.964. The van der Waals surface area contributed by atoms with Gasteiger partial charge in [-0.15, -0.1) is 0 Å². The van der Waals surface area contributed by atoms with Gasteiger partial charge in [-0.25, -0.2) is 0 Å². The molecule has 0 aromatic heterocycles. The largest absolute Gasteiger partial charge is 0.501 e. The van der Waals surface area contributed by atoms with Crippen LogP contribution in [0.4, 0.5) is 0 Å². The number of hydrogen-bond acceptors (Lipinski definition) is 2. The fourth-order valence-corrected chi connectivity index (χ4v) is 1.41. The molecule has 1 aliphatic carbocycles. The second-order valence-corrected chi connectivity index (χ2v) is 3.64. The van der Waals surface area contributed by atoms with Crippen molar-refractivity contribution in [2.75, 3.05) is 7.11 Å². The average Bonchev–Trinajstić information content (AvgIpc) is 2.18. The highest BCUT2D eigenvalue weighted by atomic mass is 16.5. The van der Waals surface area contributed by atoms with Crippen molar-refractivity contribution in [1.82, 2.24) is 0 Å². The van der Waals surface area contributed by atoms with Crippen LogP contribution in [-0.2, 0) is 4.74 Å². The Morgan fingerprint density at radius 2 is 2.31 bits per heavy atom. The molecule has 0 aromatic carbocycles. The third-order valence-corrected chi connectivity index (χ3v) is 2.64. The van der Waals surface area contributed by atoms with Crippen LogP contribution in [0, 0.1) is 0 Å². The van der Waals surface area contributed by atoms with Gasteiger partial charge < -0.3 is 9.84 Å². The Balaban J connectivity index is 2.82. The fourth-order valence-electron chi connectivity index (χ4n) is 1.41. The summed E-state index contributed by atoms with van der Waals surface area (Å²) in [5.41, 5.74) is 0.280. The molecule has 1 atom stereocenters. The molecule has 0 unspecified atom stereocenters. The fraction of sp³-hybridized carbons (Fsp3) is 0.636. The van der Waals surface area contributed by atoms with Crippen LogP contribution in [0.15, 0.2) is 23.5 Å². The molecule has 74 valence electrons. The average molecular weight is 182 g/mol. The maximum Gasteiger partial charge on any atom is 0.0962 e. The molecule has 0 aromatic rings. The molecule has 0 aliphatic heterocycles. The Hall–Kier alpha value is -0.760. The van der Waals surface area contributed by atoms with Gasteiger partial charge in [-0.1, -0.05) is 13.0 Å². The lowest BCUT2D eigenvalue weighted by Crippen LogP contribution is -2.25. The van der Waals surface area contributed by atoms with E-state index in [1.807, 2.05) is 19.9 Å². The summed E-state index contributed by atoms with van der Waals surface area (Å²) in [6.45, 7) is 3.82. The number of hydrogen-bond donors (Lipinski definition) is 1. The molecule has 0 saturated carbocycles. The summed E-state index contributed by atoms with van der Waals surface area (Å²) in [4.78, 5) is 0. The van der Waals surface area contributed by atoms with Crippen LogP contribution in [0.5, 0.6) is 0 Å². The maximum atomic E-state index is 9.99. The molecule has 0 heterocycles. The van der Waals surface area contributed by atoms with E-state index in [-0.39, 0.29) is 0 Å². The molecule has 0 bridgehead atoms. The lowest BCUT2D eigenvalue weighted by molar-refractivity contribution is 0.0964. The van der Waals surface area contributed by atoms with Gasteiger partial charge in [-0.05, 0) is 31.4 Å². The van der Waals surface area contributed by atoms with E-state index in [0.717, 1.165) is 30.6 Å². The molecule has 1 rings (SSSR count). The van der Waals surface area contributed by atoms with Gasteiger partial charge in [0, 0.05) is 6.42 Å². The van der Waals surface area contributed by atoms with Crippen molar-refractivity contribution in [3.63, 3.8) is 0 Å². The van der Waals surface area contributed by atoms with E-state index in [1.165, 1.54) is 0 Å². The van der Waals surface area contributed by atoms with Crippen LogP contribution in [0.3, 0.4) is 0 Å². The number of methoxy groups -OCH3 is 1. The first-order chi connectivity index (χ1) is 6.10. The van der Waals surface area contributed by atoms with Crippen LogP contribution in [0.1, 0.15) is 33.1 Å². The Bertz CT molecular complexity index is 236. The smallest absolute Gasteiger partial charge is 0.0962 e. The van der Waals surface area contributed by atoms with Gasteiger partial charge in [0.15, 0.2) is 0 Å². The maximum absolute atomic E-state index is 9.99. The van der Waals surface area contributed by atoms with Crippen molar-refractivity contribution in [1.29, 1.82) is 0 Å². The zero-order valence-corrected chi connectivity index (χ0v) is 8.63. The zero-order chi connectivity index (χ0) is 9.90. The predicted octanol–water partition coefficient (Wildman–Crippen LogP) is 2.40. The Kier molecular flexibility index (Phi) is 3.15. The van der Waals surface area contributed by atoms with Gasteiger partial charge in [-0.3, -0.25) is 0 Å². The molecule has 2 heteroatoms. The van der Waals surface area contributed by atoms with Crippen molar-refractivity contribution in [2.24, 2.45) is 0 Å². The zero-order valence-electron chi connectivity index (χ0n) is 8.63. The topological polar surface area (TPSA) is 29.5 Å². The van der Waals surface area contributed by atoms with E-state index in [0.29, 0.717) is 0 Å².